The van der Waals surface area contributed by atoms with Gasteiger partial charge in [0.1, 0.15) is 0 Å². The van der Waals surface area contributed by atoms with Crippen molar-refractivity contribution >= 4 is 16.1 Å². The number of carbonyl (C=O) groups excluding carboxylic acids is 1. The summed E-state index contributed by atoms with van der Waals surface area (Å²) in [6.45, 7) is 3.84. The highest BCUT2D eigenvalue weighted by atomic mass is 32.2. The number of nitrogens with zero attached hydrogens (tertiary/aromatic N) is 4. The number of rotatable bonds is 5. The largest absolute Gasteiger partial charge is 0.340 e. The molecule has 2 aliphatic heterocycles. The quantitative estimate of drug-likeness (QED) is 0.758. The van der Waals surface area contributed by atoms with E-state index < -0.39 is 15.4 Å². The number of aromatic nitrogens is 2. The number of carbonyl (C=O) groups is 1. The van der Waals surface area contributed by atoms with Crippen molar-refractivity contribution in [1.29, 1.82) is 0 Å². The molecule has 0 saturated carbocycles. The van der Waals surface area contributed by atoms with Crippen LogP contribution in [0.25, 0.3) is 0 Å². The zero-order chi connectivity index (χ0) is 21.4. The highest BCUT2D eigenvalue weighted by Gasteiger charge is 2.56. The summed E-state index contributed by atoms with van der Waals surface area (Å²) in [6, 6.07) is 9.83. The maximum atomic E-state index is 12.9. The van der Waals surface area contributed by atoms with E-state index in [-0.39, 0.29) is 18.5 Å². The van der Waals surface area contributed by atoms with E-state index in [9.17, 15) is 13.2 Å². The van der Waals surface area contributed by atoms with Gasteiger partial charge in [-0.05, 0) is 24.3 Å². The highest BCUT2D eigenvalue weighted by Crippen LogP contribution is 2.44. The summed E-state index contributed by atoms with van der Waals surface area (Å²) < 4.78 is 31.1. The van der Waals surface area contributed by atoms with Crippen molar-refractivity contribution in [3.8, 4) is 0 Å². The standard InChI is InChI=1S/C20H27N5O4S/c1-15-22-18(23-29-15)20-13-24(11-9-17(20)12-25(14-20)30(2,27)28)19(26)21-10-8-16-6-4-3-5-7-16/h3-7,17H,8-14H2,1-2H3,(H,21,26)/t17-,20-/m0/s1. The van der Waals surface area contributed by atoms with E-state index in [1.165, 1.54) is 10.6 Å². The third-order valence-electron chi connectivity index (χ3n) is 6.15. The molecular weight excluding hydrogens is 406 g/mol. The molecule has 2 aromatic rings. The van der Waals surface area contributed by atoms with Gasteiger partial charge in [0, 0.05) is 39.6 Å². The summed E-state index contributed by atoms with van der Waals surface area (Å²) in [5.41, 5.74) is 0.505. The van der Waals surface area contributed by atoms with Crippen LogP contribution in [0.4, 0.5) is 4.79 Å². The van der Waals surface area contributed by atoms with Gasteiger partial charge in [-0.1, -0.05) is 35.5 Å². The zero-order valence-electron chi connectivity index (χ0n) is 17.2. The number of benzene rings is 1. The molecule has 30 heavy (non-hydrogen) atoms. The van der Waals surface area contributed by atoms with Gasteiger partial charge in [-0.2, -0.15) is 4.98 Å². The van der Waals surface area contributed by atoms with Crippen molar-refractivity contribution in [2.24, 2.45) is 5.92 Å². The predicted octanol–water partition coefficient (Wildman–Crippen LogP) is 1.17. The number of aryl methyl sites for hydroxylation is 1. The first kappa shape index (κ1) is 20.8. The molecule has 0 aliphatic carbocycles. The number of piperidine rings is 1. The molecule has 162 valence electrons. The second-order valence-electron chi connectivity index (χ2n) is 8.22. The number of urea groups is 1. The number of likely N-dealkylation sites (tertiary alicyclic amines) is 1. The fraction of sp³-hybridized carbons (Fsp3) is 0.550. The van der Waals surface area contributed by atoms with Gasteiger partial charge in [0.2, 0.25) is 15.9 Å². The number of hydrogen-bond acceptors (Lipinski definition) is 6. The summed E-state index contributed by atoms with van der Waals surface area (Å²) >= 11 is 0. The van der Waals surface area contributed by atoms with Gasteiger partial charge in [-0.25, -0.2) is 17.5 Å². The molecule has 4 rings (SSSR count). The van der Waals surface area contributed by atoms with Crippen molar-refractivity contribution in [3.05, 3.63) is 47.6 Å². The van der Waals surface area contributed by atoms with Gasteiger partial charge in [-0.3, -0.25) is 0 Å². The molecule has 1 aromatic carbocycles. The lowest BCUT2D eigenvalue weighted by Gasteiger charge is -2.42. The van der Waals surface area contributed by atoms with Crippen LogP contribution < -0.4 is 5.32 Å². The molecule has 2 aliphatic rings. The first-order valence-corrected chi connectivity index (χ1v) is 12.0. The molecule has 2 fully saturated rings. The smallest absolute Gasteiger partial charge is 0.317 e. The molecule has 1 N–H and O–H groups in total. The van der Waals surface area contributed by atoms with Gasteiger partial charge in [-0.15, -0.1) is 0 Å². The van der Waals surface area contributed by atoms with Crippen LogP contribution >= 0.6 is 0 Å². The predicted molar refractivity (Wildman–Crippen MR) is 110 cm³/mol. The molecule has 3 heterocycles. The Labute approximate surface area is 176 Å². The number of sulfonamides is 1. The average Bonchev–Trinajstić information content (AvgIpc) is 3.32. The van der Waals surface area contributed by atoms with Crippen molar-refractivity contribution in [1.82, 2.24) is 24.7 Å². The van der Waals surface area contributed by atoms with Crippen molar-refractivity contribution in [3.63, 3.8) is 0 Å². The Kier molecular flexibility index (Phi) is 5.54. The lowest BCUT2D eigenvalue weighted by atomic mass is 9.72. The van der Waals surface area contributed by atoms with Crippen LogP contribution in [0.3, 0.4) is 0 Å². The van der Waals surface area contributed by atoms with E-state index in [0.29, 0.717) is 44.3 Å². The minimum atomic E-state index is -3.35. The summed E-state index contributed by atoms with van der Waals surface area (Å²) in [5.74, 6) is 0.955. The van der Waals surface area contributed by atoms with Crippen LogP contribution in [-0.2, 0) is 21.9 Å². The number of nitrogens with one attached hydrogen (secondary N) is 1. The molecule has 0 radical (unpaired) electrons. The lowest BCUT2D eigenvalue weighted by Crippen LogP contribution is -2.56. The van der Waals surface area contributed by atoms with E-state index in [4.69, 9.17) is 4.52 Å². The number of amides is 2. The maximum absolute atomic E-state index is 12.9. The zero-order valence-corrected chi connectivity index (χ0v) is 18.1. The Morgan fingerprint density at radius 1 is 1.30 bits per heavy atom. The number of fused-ring (bicyclic) bond motifs is 1. The van der Waals surface area contributed by atoms with Gasteiger partial charge >= 0.3 is 6.03 Å². The molecule has 9 nitrogen and oxygen atoms in total. The van der Waals surface area contributed by atoms with Crippen molar-refractivity contribution in [2.75, 3.05) is 39.0 Å². The Morgan fingerprint density at radius 3 is 2.73 bits per heavy atom. The van der Waals surface area contributed by atoms with Crippen LogP contribution in [0, 0.1) is 12.8 Å². The number of hydrogen-bond donors (Lipinski definition) is 1. The second-order valence-corrected chi connectivity index (χ2v) is 10.2. The van der Waals surface area contributed by atoms with Crippen LogP contribution in [0.5, 0.6) is 0 Å². The monoisotopic (exact) mass is 433 g/mol. The summed E-state index contributed by atoms with van der Waals surface area (Å²) in [5, 5.41) is 7.11. The minimum absolute atomic E-state index is 0.0394. The maximum Gasteiger partial charge on any atom is 0.317 e. The Bertz CT molecular complexity index is 1010. The highest BCUT2D eigenvalue weighted by molar-refractivity contribution is 7.88. The summed E-state index contributed by atoms with van der Waals surface area (Å²) in [7, 11) is -3.35. The van der Waals surface area contributed by atoms with Crippen LogP contribution in [-0.4, -0.2) is 72.8 Å². The Hall–Kier alpha value is -2.46. The molecule has 2 amide bonds. The van der Waals surface area contributed by atoms with E-state index in [0.717, 1.165) is 12.0 Å². The molecular formula is C20H27N5O4S. The van der Waals surface area contributed by atoms with E-state index in [2.05, 4.69) is 15.5 Å². The minimum Gasteiger partial charge on any atom is -0.340 e. The van der Waals surface area contributed by atoms with Gasteiger partial charge < -0.3 is 14.7 Å². The normalized spacial score (nSPS) is 24.6. The topological polar surface area (TPSA) is 109 Å². The van der Waals surface area contributed by atoms with E-state index in [1.807, 2.05) is 30.3 Å². The van der Waals surface area contributed by atoms with Crippen LogP contribution in [0.15, 0.2) is 34.9 Å². The van der Waals surface area contributed by atoms with Crippen LogP contribution in [0.1, 0.15) is 23.7 Å². The molecule has 0 spiro atoms. The van der Waals surface area contributed by atoms with E-state index >= 15 is 0 Å². The van der Waals surface area contributed by atoms with Gasteiger partial charge in [0.05, 0.1) is 11.7 Å². The SMILES string of the molecule is Cc1nc([C@]23CN(C(=O)NCCc4ccccc4)CC[C@H]2CN(S(C)(=O)=O)C3)no1. The van der Waals surface area contributed by atoms with Crippen molar-refractivity contribution < 1.29 is 17.7 Å². The molecule has 2 saturated heterocycles. The Morgan fingerprint density at radius 2 is 2.07 bits per heavy atom. The van der Waals surface area contributed by atoms with Crippen LogP contribution in [0.2, 0.25) is 0 Å². The Balaban J connectivity index is 1.49. The average molecular weight is 434 g/mol. The summed E-state index contributed by atoms with van der Waals surface area (Å²) in [6.07, 6.45) is 2.65. The molecule has 10 heteroatoms. The summed E-state index contributed by atoms with van der Waals surface area (Å²) in [4.78, 5) is 19.0. The lowest BCUT2D eigenvalue weighted by molar-refractivity contribution is 0.124. The third-order valence-corrected chi connectivity index (χ3v) is 7.36. The van der Waals surface area contributed by atoms with Gasteiger partial charge in [0.15, 0.2) is 5.82 Å². The fourth-order valence-electron chi connectivity index (χ4n) is 4.53. The van der Waals surface area contributed by atoms with Gasteiger partial charge in [0.25, 0.3) is 0 Å². The second kappa shape index (κ2) is 7.99. The molecule has 0 bridgehead atoms. The molecule has 1 aromatic heterocycles. The van der Waals surface area contributed by atoms with Crippen molar-refractivity contribution in [2.45, 2.75) is 25.2 Å². The fourth-order valence-corrected chi connectivity index (χ4v) is 5.44. The molecule has 2 atom stereocenters. The third kappa shape index (κ3) is 4.06. The molecule has 0 unspecified atom stereocenters. The first-order chi connectivity index (χ1) is 14.3. The first-order valence-electron chi connectivity index (χ1n) is 10.1. The van der Waals surface area contributed by atoms with E-state index in [1.54, 1.807) is 11.8 Å².